The Balaban J connectivity index is 1.70. The molecule has 2 aromatic carbocycles. The molecule has 0 spiro atoms. The molecule has 0 aromatic heterocycles. The fraction of sp³-hybridized carbons (Fsp3) is 0.222. The summed E-state index contributed by atoms with van der Waals surface area (Å²) in [4.78, 5) is 22.0. The maximum absolute atomic E-state index is 11.3. The lowest BCUT2D eigenvalue weighted by atomic mass is 10.2. The summed E-state index contributed by atoms with van der Waals surface area (Å²) in [5, 5.41) is 0. The molecule has 0 heterocycles. The maximum Gasteiger partial charge on any atom is 0.337 e. The Bertz CT molecular complexity index is 649. The zero-order chi connectivity index (χ0) is 16.5. The molecule has 2 rings (SSSR count). The predicted molar refractivity (Wildman–Crippen MR) is 85.2 cm³/mol. The van der Waals surface area contributed by atoms with E-state index < -0.39 is 0 Å². The van der Waals surface area contributed by atoms with Crippen LogP contribution >= 0.6 is 0 Å². The van der Waals surface area contributed by atoms with Crippen LogP contribution < -0.4 is 9.47 Å². The highest BCUT2D eigenvalue weighted by Crippen LogP contribution is 2.14. The number of carbonyl (C=O) groups excluding carboxylic acids is 2. The van der Waals surface area contributed by atoms with E-state index in [4.69, 9.17) is 9.47 Å². The molecule has 0 bridgehead atoms. The van der Waals surface area contributed by atoms with Crippen LogP contribution in [0.2, 0.25) is 0 Å². The van der Waals surface area contributed by atoms with Gasteiger partial charge >= 0.3 is 5.97 Å². The number of methoxy groups -OCH3 is 1. The van der Waals surface area contributed by atoms with Gasteiger partial charge in [0, 0.05) is 12.0 Å². The van der Waals surface area contributed by atoms with Gasteiger partial charge in [0.15, 0.2) is 0 Å². The van der Waals surface area contributed by atoms with Crippen LogP contribution in [0.15, 0.2) is 48.5 Å². The van der Waals surface area contributed by atoms with Gasteiger partial charge in [0.1, 0.15) is 17.8 Å². The van der Waals surface area contributed by atoms with Crippen molar-refractivity contribution >= 4 is 12.3 Å². The second-order valence-electron chi connectivity index (χ2n) is 4.76. The van der Waals surface area contributed by atoms with Crippen molar-refractivity contribution in [2.45, 2.75) is 6.42 Å². The minimum Gasteiger partial charge on any atom is -0.493 e. The van der Waals surface area contributed by atoms with Gasteiger partial charge in [0.05, 0.1) is 25.9 Å². The van der Waals surface area contributed by atoms with Crippen LogP contribution in [0.4, 0.5) is 0 Å². The number of carbonyl (C=O) groups is 2. The molecule has 23 heavy (non-hydrogen) atoms. The topological polar surface area (TPSA) is 61.8 Å². The van der Waals surface area contributed by atoms with Gasteiger partial charge in [-0.15, -0.1) is 0 Å². The highest BCUT2D eigenvalue weighted by Gasteiger charge is 2.04. The molecule has 120 valence electrons. The number of rotatable bonds is 8. The summed E-state index contributed by atoms with van der Waals surface area (Å²) in [5.41, 5.74) is 1.07. The molecule has 5 nitrogen and oxygen atoms in total. The fourth-order valence-electron chi connectivity index (χ4n) is 1.92. The third kappa shape index (κ3) is 5.14. The van der Waals surface area contributed by atoms with Crippen molar-refractivity contribution in [1.29, 1.82) is 0 Å². The summed E-state index contributed by atoms with van der Waals surface area (Å²) in [6.07, 6.45) is 1.48. The van der Waals surface area contributed by atoms with Gasteiger partial charge in [0.2, 0.25) is 0 Å². The van der Waals surface area contributed by atoms with E-state index >= 15 is 0 Å². The van der Waals surface area contributed by atoms with Crippen LogP contribution in [0.1, 0.15) is 27.1 Å². The summed E-state index contributed by atoms with van der Waals surface area (Å²) in [6.45, 7) is 0.980. The van der Waals surface area contributed by atoms with Crippen LogP contribution in [-0.4, -0.2) is 32.6 Å². The van der Waals surface area contributed by atoms with E-state index in [2.05, 4.69) is 4.74 Å². The van der Waals surface area contributed by atoms with Gasteiger partial charge in [-0.05, 0) is 36.4 Å². The van der Waals surface area contributed by atoms with Gasteiger partial charge in [-0.1, -0.05) is 12.1 Å². The summed E-state index contributed by atoms with van der Waals surface area (Å²) >= 11 is 0. The molecule has 0 saturated carbocycles. The lowest BCUT2D eigenvalue weighted by Crippen LogP contribution is -2.05. The zero-order valence-electron chi connectivity index (χ0n) is 12.9. The summed E-state index contributed by atoms with van der Waals surface area (Å²) < 4.78 is 15.8. The number of ether oxygens (including phenoxy) is 3. The number of hydrogen-bond acceptors (Lipinski definition) is 5. The van der Waals surface area contributed by atoms with E-state index in [1.165, 1.54) is 7.11 Å². The fourth-order valence-corrected chi connectivity index (χ4v) is 1.92. The second kappa shape index (κ2) is 8.58. The third-order valence-corrected chi connectivity index (χ3v) is 3.10. The smallest absolute Gasteiger partial charge is 0.337 e. The molecule has 2 aromatic rings. The zero-order valence-corrected chi connectivity index (χ0v) is 12.9. The van der Waals surface area contributed by atoms with Crippen molar-refractivity contribution in [3.05, 3.63) is 59.7 Å². The van der Waals surface area contributed by atoms with Crippen LogP contribution in [-0.2, 0) is 4.74 Å². The van der Waals surface area contributed by atoms with Crippen molar-refractivity contribution in [3.63, 3.8) is 0 Å². The molecule has 0 aliphatic heterocycles. The number of aldehydes is 1. The Morgan fingerprint density at radius 3 is 2.35 bits per heavy atom. The third-order valence-electron chi connectivity index (χ3n) is 3.10. The molecule has 0 atom stereocenters. The van der Waals surface area contributed by atoms with Crippen LogP contribution in [0, 0.1) is 0 Å². The molecule has 0 radical (unpaired) electrons. The van der Waals surface area contributed by atoms with Crippen molar-refractivity contribution in [2.24, 2.45) is 0 Å². The molecule has 0 aliphatic rings. The lowest BCUT2D eigenvalue weighted by Gasteiger charge is -2.08. The highest BCUT2D eigenvalue weighted by atomic mass is 16.5. The molecule has 0 fully saturated rings. The minimum atomic E-state index is -0.373. The second-order valence-corrected chi connectivity index (χ2v) is 4.76. The van der Waals surface area contributed by atoms with Gasteiger partial charge in [0.25, 0.3) is 0 Å². The first-order valence-electron chi connectivity index (χ1n) is 7.22. The molecule has 0 saturated heterocycles. The van der Waals surface area contributed by atoms with E-state index in [1.807, 2.05) is 0 Å². The highest BCUT2D eigenvalue weighted by molar-refractivity contribution is 5.89. The quantitative estimate of drug-likeness (QED) is 0.425. The standard InChI is InChI=1S/C18H18O5/c1-21-18(20)15-6-8-16(9-7-15)22-10-3-11-23-17-5-2-4-14(12-17)13-19/h2,4-9,12-13H,3,10-11H2,1H3. The summed E-state index contributed by atoms with van der Waals surface area (Å²) in [6, 6.07) is 13.8. The van der Waals surface area contributed by atoms with Crippen molar-refractivity contribution in [1.82, 2.24) is 0 Å². The number of esters is 1. The first-order valence-corrected chi connectivity index (χ1v) is 7.22. The van der Waals surface area contributed by atoms with Gasteiger partial charge in [-0.3, -0.25) is 4.79 Å². The Morgan fingerprint density at radius 2 is 1.70 bits per heavy atom. The first-order chi connectivity index (χ1) is 11.2. The normalized spacial score (nSPS) is 9.96. The molecule has 0 amide bonds. The first kappa shape index (κ1) is 16.5. The monoisotopic (exact) mass is 314 g/mol. The molecular formula is C18H18O5. The number of benzene rings is 2. The van der Waals surface area contributed by atoms with E-state index in [0.29, 0.717) is 42.3 Å². The molecule has 0 aliphatic carbocycles. The van der Waals surface area contributed by atoms with E-state index in [0.717, 1.165) is 6.29 Å². The van der Waals surface area contributed by atoms with E-state index in [1.54, 1.807) is 48.5 Å². The average Bonchev–Trinajstić information content (AvgIpc) is 2.61. The maximum atomic E-state index is 11.3. The van der Waals surface area contributed by atoms with E-state index in [9.17, 15) is 9.59 Å². The molecule has 0 unspecified atom stereocenters. The van der Waals surface area contributed by atoms with Gasteiger partial charge in [-0.25, -0.2) is 4.79 Å². The Kier molecular flexibility index (Phi) is 6.17. The summed E-state index contributed by atoms with van der Waals surface area (Å²) in [5.74, 6) is 0.972. The average molecular weight is 314 g/mol. The van der Waals surface area contributed by atoms with Gasteiger partial charge < -0.3 is 14.2 Å². The summed E-state index contributed by atoms with van der Waals surface area (Å²) in [7, 11) is 1.34. The van der Waals surface area contributed by atoms with Crippen molar-refractivity contribution < 1.29 is 23.8 Å². The van der Waals surface area contributed by atoms with Crippen LogP contribution in [0.5, 0.6) is 11.5 Å². The Hall–Kier alpha value is -2.82. The minimum absolute atomic E-state index is 0.373. The Labute approximate surface area is 134 Å². The number of hydrogen-bond donors (Lipinski definition) is 0. The Morgan fingerprint density at radius 1 is 1.00 bits per heavy atom. The van der Waals surface area contributed by atoms with Crippen LogP contribution in [0.3, 0.4) is 0 Å². The predicted octanol–water partition coefficient (Wildman–Crippen LogP) is 3.13. The molecule has 0 N–H and O–H groups in total. The molecular weight excluding hydrogens is 296 g/mol. The lowest BCUT2D eigenvalue weighted by molar-refractivity contribution is 0.0600. The van der Waals surface area contributed by atoms with E-state index in [-0.39, 0.29) is 5.97 Å². The van der Waals surface area contributed by atoms with Gasteiger partial charge in [-0.2, -0.15) is 0 Å². The largest absolute Gasteiger partial charge is 0.493 e. The molecule has 5 heteroatoms. The van der Waals surface area contributed by atoms with Crippen molar-refractivity contribution in [3.8, 4) is 11.5 Å². The SMILES string of the molecule is COC(=O)c1ccc(OCCCOc2cccc(C=O)c2)cc1. The van der Waals surface area contributed by atoms with Crippen molar-refractivity contribution in [2.75, 3.05) is 20.3 Å². The van der Waals surface area contributed by atoms with Crippen LogP contribution in [0.25, 0.3) is 0 Å².